The molecule has 0 fully saturated rings. The lowest BCUT2D eigenvalue weighted by Gasteiger charge is -2.10. The molecule has 5 aliphatic rings. The first-order valence-corrected chi connectivity index (χ1v) is 12.4. The van der Waals surface area contributed by atoms with E-state index in [-0.39, 0.29) is 5.69 Å². The molecule has 39 heavy (non-hydrogen) atoms. The van der Waals surface area contributed by atoms with Crippen molar-refractivity contribution in [3.05, 3.63) is 159 Å². The minimum absolute atomic E-state index is 0.0286. The maximum absolute atomic E-state index is 11.3. The average molecular weight is 506 g/mol. The molecule has 0 aromatic heterocycles. The van der Waals surface area contributed by atoms with Crippen molar-refractivity contribution in [3.8, 4) is 0 Å². The fraction of sp³-hybridized carbons (Fsp3) is 0. The van der Waals surface area contributed by atoms with Crippen molar-refractivity contribution >= 4 is 39.7 Å². The summed E-state index contributed by atoms with van der Waals surface area (Å²) in [7, 11) is 0. The van der Waals surface area contributed by atoms with Gasteiger partial charge in [-0.25, -0.2) is 20.0 Å². The third-order valence-electron chi connectivity index (χ3n) is 6.69. The minimum atomic E-state index is -0.402. The predicted octanol–water partition coefficient (Wildman–Crippen LogP) is 6.54. The van der Waals surface area contributed by atoms with Gasteiger partial charge in [-0.05, 0) is 84.0 Å². The second kappa shape index (κ2) is 9.08. The van der Waals surface area contributed by atoms with Gasteiger partial charge < -0.3 is 0 Å². The summed E-state index contributed by atoms with van der Waals surface area (Å²) < 4.78 is 0. The SMILES string of the molecule is O=[N+]([O-])c1ccc(C2=C3C=CC(=N3)C(c3ccccc3)=C3C=CC(=N3)C=C3C=CC(=N3)C=C3C=CC2=N3)cc1. The van der Waals surface area contributed by atoms with Crippen molar-refractivity contribution < 1.29 is 4.92 Å². The molecule has 0 unspecified atom stereocenters. The lowest BCUT2D eigenvalue weighted by atomic mass is 9.98. The van der Waals surface area contributed by atoms with Gasteiger partial charge >= 0.3 is 0 Å². The number of benzene rings is 2. The molecule has 184 valence electrons. The molecule has 5 heterocycles. The molecule has 5 aliphatic heterocycles. The molecule has 2 aromatic carbocycles. The van der Waals surface area contributed by atoms with Crippen molar-refractivity contribution in [1.82, 2.24) is 0 Å². The molecule has 2 aromatic rings. The number of nitrogens with zero attached hydrogens (tertiary/aromatic N) is 5. The van der Waals surface area contributed by atoms with Gasteiger partial charge in [0.05, 0.1) is 50.6 Å². The summed E-state index contributed by atoms with van der Waals surface area (Å²) in [5.74, 6) is 0. The van der Waals surface area contributed by atoms with Crippen LogP contribution in [0.3, 0.4) is 0 Å². The molecular formula is C32H19N5O2. The first-order valence-electron chi connectivity index (χ1n) is 12.4. The molecule has 0 radical (unpaired) electrons. The molecule has 0 aliphatic carbocycles. The summed E-state index contributed by atoms with van der Waals surface area (Å²) in [6, 6.07) is 16.6. The number of hydrogen-bond acceptors (Lipinski definition) is 6. The van der Waals surface area contributed by atoms with E-state index in [2.05, 4.69) is 0 Å². The van der Waals surface area contributed by atoms with E-state index in [1.165, 1.54) is 12.1 Å². The molecule has 7 heteroatoms. The van der Waals surface area contributed by atoms with Crippen molar-refractivity contribution in [3.63, 3.8) is 0 Å². The summed E-state index contributed by atoms with van der Waals surface area (Å²) in [4.78, 5) is 30.5. The molecular weight excluding hydrogens is 486 g/mol. The largest absolute Gasteiger partial charge is 0.269 e. The van der Waals surface area contributed by atoms with E-state index in [4.69, 9.17) is 20.0 Å². The third-order valence-corrected chi connectivity index (χ3v) is 6.69. The summed E-state index contributed by atoms with van der Waals surface area (Å²) in [5, 5.41) is 11.3. The maximum atomic E-state index is 11.3. The van der Waals surface area contributed by atoms with E-state index in [0.29, 0.717) is 0 Å². The Bertz CT molecular complexity index is 1830. The molecule has 0 N–H and O–H groups in total. The van der Waals surface area contributed by atoms with Crippen LogP contribution in [0, 0.1) is 10.1 Å². The van der Waals surface area contributed by atoms with Gasteiger partial charge in [0.15, 0.2) is 0 Å². The maximum Gasteiger partial charge on any atom is 0.269 e. The van der Waals surface area contributed by atoms with Crippen LogP contribution in [0.2, 0.25) is 0 Å². The lowest BCUT2D eigenvalue weighted by Crippen LogP contribution is -2.02. The van der Waals surface area contributed by atoms with Crippen molar-refractivity contribution in [1.29, 1.82) is 0 Å². The molecule has 7 rings (SSSR count). The number of fused-ring (bicyclic) bond motifs is 4. The molecule has 0 saturated carbocycles. The Kier molecular flexibility index (Phi) is 5.26. The molecule has 0 saturated heterocycles. The van der Waals surface area contributed by atoms with Gasteiger partial charge in [-0.1, -0.05) is 30.3 Å². The standard InChI is InChI=1S/C32H19N5O2/c38-37(39)26-12-6-21(7-13-26)32-28-15-11-25(35-28)19-23-9-8-22(33-23)18-24-10-14-27(34-24)31(20-4-2-1-3-5-20)29-16-17-30(32)36-29/h1-19H. The van der Waals surface area contributed by atoms with Crippen LogP contribution in [-0.4, -0.2) is 27.8 Å². The Balaban J connectivity index is 1.48. The summed E-state index contributed by atoms with van der Waals surface area (Å²) in [6.07, 6.45) is 19.6. The zero-order chi connectivity index (χ0) is 26.3. The van der Waals surface area contributed by atoms with E-state index >= 15 is 0 Å². The average Bonchev–Trinajstić information content (AvgIpc) is 3.76. The van der Waals surface area contributed by atoms with Crippen LogP contribution >= 0.6 is 0 Å². The number of nitro benzene ring substituents is 1. The smallest absolute Gasteiger partial charge is 0.258 e. The Hall–Kier alpha value is -5.56. The van der Waals surface area contributed by atoms with Crippen molar-refractivity contribution in [2.45, 2.75) is 0 Å². The van der Waals surface area contributed by atoms with E-state index in [1.54, 1.807) is 12.1 Å². The monoisotopic (exact) mass is 505 g/mol. The normalized spacial score (nSPS) is 18.8. The Morgan fingerprint density at radius 2 is 1.10 bits per heavy atom. The fourth-order valence-electron chi connectivity index (χ4n) is 4.90. The summed E-state index contributed by atoms with van der Waals surface area (Å²) in [5.41, 5.74) is 9.74. The van der Waals surface area contributed by atoms with E-state index < -0.39 is 4.92 Å². The topological polar surface area (TPSA) is 92.6 Å². The van der Waals surface area contributed by atoms with E-state index in [9.17, 15) is 10.1 Å². The number of hydrogen-bond donors (Lipinski definition) is 0. The molecule has 0 amide bonds. The summed E-state index contributed by atoms with van der Waals surface area (Å²) >= 11 is 0. The number of nitro groups is 1. The second-order valence-electron chi connectivity index (χ2n) is 9.23. The molecule has 7 nitrogen and oxygen atoms in total. The number of allylic oxidation sites excluding steroid dienone is 12. The quantitative estimate of drug-likeness (QED) is 0.350. The number of aliphatic imine (C=N–C) groups is 4. The van der Waals surface area contributed by atoms with E-state index in [1.807, 2.05) is 91.1 Å². The zero-order valence-electron chi connectivity index (χ0n) is 20.5. The molecule has 0 atom stereocenters. The highest BCUT2D eigenvalue weighted by molar-refractivity contribution is 6.36. The number of rotatable bonds is 3. The number of non-ortho nitro benzene ring substituents is 1. The van der Waals surface area contributed by atoms with Gasteiger partial charge in [0.2, 0.25) is 0 Å². The van der Waals surface area contributed by atoms with Crippen molar-refractivity contribution in [2.24, 2.45) is 20.0 Å². The predicted molar refractivity (Wildman–Crippen MR) is 156 cm³/mol. The van der Waals surface area contributed by atoms with Crippen LogP contribution in [0.15, 0.2) is 158 Å². The minimum Gasteiger partial charge on any atom is -0.258 e. The Labute approximate surface area is 223 Å². The van der Waals surface area contributed by atoms with Gasteiger partial charge in [0.25, 0.3) is 5.69 Å². The highest BCUT2D eigenvalue weighted by Crippen LogP contribution is 2.34. The van der Waals surface area contributed by atoms with Crippen LogP contribution in [0.25, 0.3) is 11.1 Å². The first kappa shape index (κ1) is 22.6. The third kappa shape index (κ3) is 4.22. The van der Waals surface area contributed by atoms with Crippen molar-refractivity contribution in [2.75, 3.05) is 0 Å². The van der Waals surface area contributed by atoms with E-state index in [0.717, 1.165) is 67.9 Å². The second-order valence-corrected chi connectivity index (χ2v) is 9.23. The highest BCUT2D eigenvalue weighted by atomic mass is 16.6. The van der Waals surface area contributed by atoms with Crippen LogP contribution in [0.5, 0.6) is 0 Å². The van der Waals surface area contributed by atoms with Gasteiger partial charge in [-0.3, -0.25) is 10.1 Å². The summed E-state index contributed by atoms with van der Waals surface area (Å²) in [6.45, 7) is 0. The Morgan fingerprint density at radius 1 is 0.538 bits per heavy atom. The fourth-order valence-corrected chi connectivity index (χ4v) is 4.90. The van der Waals surface area contributed by atoms with Crippen LogP contribution in [-0.2, 0) is 0 Å². The van der Waals surface area contributed by atoms with Gasteiger partial charge in [0.1, 0.15) is 0 Å². The van der Waals surface area contributed by atoms with Crippen LogP contribution in [0.4, 0.5) is 5.69 Å². The van der Waals surface area contributed by atoms with Gasteiger partial charge in [-0.2, -0.15) is 0 Å². The molecule has 0 spiro atoms. The lowest BCUT2D eigenvalue weighted by molar-refractivity contribution is -0.384. The van der Waals surface area contributed by atoms with Gasteiger partial charge in [-0.15, -0.1) is 0 Å². The first-order chi connectivity index (χ1) is 19.1. The van der Waals surface area contributed by atoms with Gasteiger partial charge in [0, 0.05) is 23.3 Å². The highest BCUT2D eigenvalue weighted by Gasteiger charge is 2.23. The van der Waals surface area contributed by atoms with Crippen LogP contribution in [0.1, 0.15) is 11.1 Å². The van der Waals surface area contributed by atoms with Crippen LogP contribution < -0.4 is 0 Å². The Morgan fingerprint density at radius 3 is 1.87 bits per heavy atom. The molecule has 8 bridgehead atoms. The zero-order valence-corrected chi connectivity index (χ0v) is 20.5.